The predicted octanol–water partition coefficient (Wildman–Crippen LogP) is 1.45. The largest absolute Gasteiger partial charge is 0.490 e. The number of hydrogen-bond donors (Lipinski definition) is 1. The van der Waals surface area contributed by atoms with Crippen molar-refractivity contribution in [3.63, 3.8) is 0 Å². The smallest absolute Gasteiger partial charge is 0.311 e. The Morgan fingerprint density at radius 2 is 2.19 bits per heavy atom. The van der Waals surface area contributed by atoms with E-state index in [1.165, 1.54) is 30.2 Å². The molecule has 1 aromatic rings. The molecule has 114 valence electrons. The van der Waals surface area contributed by atoms with Crippen LogP contribution in [0.4, 0.5) is 5.69 Å². The van der Waals surface area contributed by atoms with Gasteiger partial charge in [-0.2, -0.15) is 0 Å². The van der Waals surface area contributed by atoms with E-state index in [9.17, 15) is 20.0 Å². The number of methoxy groups -OCH3 is 1. The Kier molecular flexibility index (Phi) is 4.42. The molecule has 0 aromatic heterocycles. The summed E-state index contributed by atoms with van der Waals surface area (Å²) >= 11 is 0. The van der Waals surface area contributed by atoms with Gasteiger partial charge in [0.05, 0.1) is 18.1 Å². The first-order valence-electron chi connectivity index (χ1n) is 6.68. The van der Waals surface area contributed by atoms with Crippen molar-refractivity contribution in [2.75, 3.05) is 20.7 Å². The molecule has 0 bridgehead atoms. The summed E-state index contributed by atoms with van der Waals surface area (Å²) in [6, 6.07) is 4.17. The topological polar surface area (TPSA) is 92.9 Å². The highest BCUT2D eigenvalue weighted by molar-refractivity contribution is 5.95. The molecule has 1 aliphatic rings. The minimum absolute atomic E-state index is 0.126. The number of benzene rings is 1. The predicted molar refractivity (Wildman–Crippen MR) is 75.3 cm³/mol. The van der Waals surface area contributed by atoms with Gasteiger partial charge < -0.3 is 14.7 Å². The number of carbonyl (C=O) groups excluding carboxylic acids is 1. The van der Waals surface area contributed by atoms with Crippen molar-refractivity contribution in [2.45, 2.75) is 18.9 Å². The fraction of sp³-hybridized carbons (Fsp3) is 0.500. The molecule has 21 heavy (non-hydrogen) atoms. The molecule has 1 fully saturated rings. The van der Waals surface area contributed by atoms with Crippen molar-refractivity contribution in [1.82, 2.24) is 4.90 Å². The lowest BCUT2D eigenvalue weighted by Crippen LogP contribution is -2.39. The van der Waals surface area contributed by atoms with Crippen molar-refractivity contribution in [1.29, 1.82) is 0 Å². The second-order valence-corrected chi connectivity index (χ2v) is 5.32. The van der Waals surface area contributed by atoms with Crippen LogP contribution < -0.4 is 4.74 Å². The molecule has 0 heterocycles. The second kappa shape index (κ2) is 6.09. The fourth-order valence-corrected chi connectivity index (χ4v) is 2.51. The molecule has 1 saturated carbocycles. The van der Waals surface area contributed by atoms with Crippen LogP contribution in [0.2, 0.25) is 0 Å². The average molecular weight is 294 g/mol. The van der Waals surface area contributed by atoms with Gasteiger partial charge in [0.2, 0.25) is 0 Å². The monoisotopic (exact) mass is 294 g/mol. The van der Waals surface area contributed by atoms with E-state index in [1.807, 2.05) is 0 Å². The maximum atomic E-state index is 12.3. The zero-order valence-electron chi connectivity index (χ0n) is 12.0. The first kappa shape index (κ1) is 15.2. The van der Waals surface area contributed by atoms with E-state index in [-0.39, 0.29) is 29.0 Å². The molecular weight excluding hydrogens is 276 g/mol. The Balaban J connectivity index is 2.11. The minimum atomic E-state index is -0.572. The third-order valence-corrected chi connectivity index (χ3v) is 3.71. The van der Waals surface area contributed by atoms with Crippen LogP contribution in [0.1, 0.15) is 23.2 Å². The molecule has 0 saturated heterocycles. The lowest BCUT2D eigenvalue weighted by Gasteiger charge is -2.34. The molecule has 0 aliphatic heterocycles. The summed E-state index contributed by atoms with van der Waals surface area (Å²) in [5, 5.41) is 20.2. The van der Waals surface area contributed by atoms with Crippen LogP contribution in [-0.2, 0) is 0 Å². The van der Waals surface area contributed by atoms with E-state index in [2.05, 4.69) is 0 Å². The molecule has 7 nitrogen and oxygen atoms in total. The first-order chi connectivity index (χ1) is 9.92. The third kappa shape index (κ3) is 3.30. The van der Waals surface area contributed by atoms with E-state index in [0.29, 0.717) is 25.3 Å². The standard InChI is InChI=1S/C14H18N2O5/c1-15(8-9-5-11(17)6-9)14(18)10-3-4-13(21-2)12(7-10)16(19)20/h3-4,7,9,11,17H,5-6,8H2,1-2H3. The highest BCUT2D eigenvalue weighted by Gasteiger charge is 2.29. The molecule has 0 atom stereocenters. The molecule has 2 rings (SSSR count). The van der Waals surface area contributed by atoms with Gasteiger partial charge in [-0.05, 0) is 30.9 Å². The van der Waals surface area contributed by atoms with Gasteiger partial charge in [-0.3, -0.25) is 14.9 Å². The SMILES string of the molecule is COc1ccc(C(=O)N(C)CC2CC(O)C2)cc1[N+](=O)[O-]. The molecule has 1 N–H and O–H groups in total. The number of carbonyl (C=O) groups is 1. The number of hydrogen-bond acceptors (Lipinski definition) is 5. The Labute approximate surface area is 122 Å². The summed E-state index contributed by atoms with van der Waals surface area (Å²) in [5.41, 5.74) is 0.0284. The maximum absolute atomic E-state index is 12.3. The van der Waals surface area contributed by atoms with Crippen molar-refractivity contribution >= 4 is 11.6 Å². The molecule has 1 amide bonds. The summed E-state index contributed by atoms with van der Waals surface area (Å²) in [6.07, 6.45) is 1.13. The number of aliphatic hydroxyl groups is 1. The van der Waals surface area contributed by atoms with E-state index < -0.39 is 4.92 Å². The van der Waals surface area contributed by atoms with Crippen LogP contribution in [-0.4, -0.2) is 47.6 Å². The molecule has 0 spiro atoms. The molecule has 1 aliphatic carbocycles. The van der Waals surface area contributed by atoms with Gasteiger partial charge in [0.15, 0.2) is 5.75 Å². The second-order valence-electron chi connectivity index (χ2n) is 5.32. The van der Waals surface area contributed by atoms with Crippen LogP contribution in [0, 0.1) is 16.0 Å². The number of rotatable bonds is 5. The van der Waals surface area contributed by atoms with Crippen LogP contribution in [0.5, 0.6) is 5.75 Å². The van der Waals surface area contributed by atoms with Crippen molar-refractivity contribution in [2.24, 2.45) is 5.92 Å². The summed E-state index contributed by atoms with van der Waals surface area (Å²) in [5.74, 6) is 0.144. The van der Waals surface area contributed by atoms with E-state index in [4.69, 9.17) is 4.74 Å². The Morgan fingerprint density at radius 1 is 1.52 bits per heavy atom. The van der Waals surface area contributed by atoms with E-state index >= 15 is 0 Å². The Morgan fingerprint density at radius 3 is 2.71 bits per heavy atom. The van der Waals surface area contributed by atoms with Gasteiger partial charge in [-0.1, -0.05) is 0 Å². The number of aliphatic hydroxyl groups excluding tert-OH is 1. The van der Waals surface area contributed by atoms with Crippen molar-refractivity contribution < 1.29 is 19.6 Å². The van der Waals surface area contributed by atoms with Gasteiger partial charge in [-0.15, -0.1) is 0 Å². The third-order valence-electron chi connectivity index (χ3n) is 3.71. The number of nitro groups is 1. The minimum Gasteiger partial charge on any atom is -0.490 e. The van der Waals surface area contributed by atoms with Crippen LogP contribution in [0.25, 0.3) is 0 Å². The highest BCUT2D eigenvalue weighted by atomic mass is 16.6. The van der Waals surface area contributed by atoms with Gasteiger partial charge >= 0.3 is 5.69 Å². The lowest BCUT2D eigenvalue weighted by atomic mass is 9.82. The molecule has 0 radical (unpaired) electrons. The zero-order valence-corrected chi connectivity index (χ0v) is 12.0. The molecule has 0 unspecified atom stereocenters. The lowest BCUT2D eigenvalue weighted by molar-refractivity contribution is -0.385. The first-order valence-corrected chi connectivity index (χ1v) is 6.68. The Hall–Kier alpha value is -2.15. The van der Waals surface area contributed by atoms with E-state index in [1.54, 1.807) is 7.05 Å². The van der Waals surface area contributed by atoms with Crippen molar-refractivity contribution in [3.8, 4) is 5.75 Å². The summed E-state index contributed by atoms with van der Waals surface area (Å²) < 4.78 is 4.91. The quantitative estimate of drug-likeness (QED) is 0.655. The maximum Gasteiger partial charge on any atom is 0.311 e. The highest BCUT2D eigenvalue weighted by Crippen LogP contribution is 2.30. The van der Waals surface area contributed by atoms with Gasteiger partial charge in [0.25, 0.3) is 5.91 Å². The Bertz CT molecular complexity index is 554. The van der Waals surface area contributed by atoms with E-state index in [0.717, 1.165) is 0 Å². The zero-order chi connectivity index (χ0) is 15.6. The number of nitrogens with zero attached hydrogens (tertiary/aromatic N) is 2. The number of nitro benzene ring substituents is 1. The molecule has 7 heteroatoms. The van der Waals surface area contributed by atoms with Gasteiger partial charge in [0.1, 0.15) is 0 Å². The van der Waals surface area contributed by atoms with Gasteiger partial charge in [0, 0.05) is 25.2 Å². The van der Waals surface area contributed by atoms with Crippen LogP contribution in [0.3, 0.4) is 0 Å². The molecule has 1 aromatic carbocycles. The summed E-state index contributed by atoms with van der Waals surface area (Å²) in [4.78, 5) is 24.2. The average Bonchev–Trinajstić information content (AvgIpc) is 2.43. The van der Waals surface area contributed by atoms with Crippen LogP contribution in [0.15, 0.2) is 18.2 Å². The number of ether oxygens (including phenoxy) is 1. The summed E-state index contributed by atoms with van der Waals surface area (Å²) in [6.45, 7) is 0.537. The van der Waals surface area contributed by atoms with Crippen LogP contribution >= 0.6 is 0 Å². The van der Waals surface area contributed by atoms with Crippen molar-refractivity contribution in [3.05, 3.63) is 33.9 Å². The van der Waals surface area contributed by atoms with Gasteiger partial charge in [-0.25, -0.2) is 0 Å². The normalized spacial score (nSPS) is 20.5. The summed E-state index contributed by atoms with van der Waals surface area (Å²) in [7, 11) is 3.00. The fourth-order valence-electron chi connectivity index (χ4n) is 2.51. The number of amides is 1. The molecular formula is C14H18N2O5.